The van der Waals surface area contributed by atoms with Crippen LogP contribution in [0.2, 0.25) is 0 Å². The molecule has 3 heterocycles. The summed E-state index contributed by atoms with van der Waals surface area (Å²) in [5, 5.41) is 17.2. The number of allylic oxidation sites excluding steroid dienone is 2. The molecule has 6 rings (SSSR count). The summed E-state index contributed by atoms with van der Waals surface area (Å²) in [6, 6.07) is 23.5. The monoisotopic (exact) mass is 949 g/mol. The molecule has 1 radical (unpaired) electrons. The summed E-state index contributed by atoms with van der Waals surface area (Å²) < 4.78 is 6.26. The van der Waals surface area contributed by atoms with Crippen LogP contribution >= 0.6 is 11.3 Å². The van der Waals surface area contributed by atoms with Crippen LogP contribution in [-0.4, -0.2) is 15.9 Å². The van der Waals surface area contributed by atoms with Gasteiger partial charge in [-0.05, 0) is 90.6 Å². The van der Waals surface area contributed by atoms with Gasteiger partial charge in [0.2, 0.25) is 0 Å². The van der Waals surface area contributed by atoms with E-state index in [2.05, 4.69) is 115 Å². The molecular formula is C50H62IrNO3S-. The Morgan fingerprint density at radius 1 is 0.893 bits per heavy atom. The Morgan fingerprint density at radius 3 is 2.14 bits per heavy atom. The smallest absolute Gasteiger partial charge is 0.164 e. The van der Waals surface area contributed by atoms with Crippen LogP contribution in [0, 0.1) is 36.7 Å². The number of thiophene rings is 1. The van der Waals surface area contributed by atoms with Gasteiger partial charge in [-0.3, -0.25) is 9.78 Å². The minimum atomic E-state index is -0.337. The number of fused-ring (bicyclic) bond motifs is 3. The summed E-state index contributed by atoms with van der Waals surface area (Å²) in [5.74, 6) is 1.94. The summed E-state index contributed by atoms with van der Waals surface area (Å²) in [4.78, 5) is 18.4. The number of furan rings is 1. The van der Waals surface area contributed by atoms with Crippen LogP contribution < -0.4 is 0 Å². The molecule has 0 atom stereocenters. The van der Waals surface area contributed by atoms with Gasteiger partial charge in [-0.15, -0.1) is 40.5 Å². The van der Waals surface area contributed by atoms with E-state index in [4.69, 9.17) is 9.40 Å². The van der Waals surface area contributed by atoms with Crippen LogP contribution in [0.5, 0.6) is 0 Å². The summed E-state index contributed by atoms with van der Waals surface area (Å²) in [6.45, 7) is 27.8. The first-order valence-electron chi connectivity index (χ1n) is 20.2. The third kappa shape index (κ3) is 9.25. The minimum absolute atomic E-state index is 0. The average Bonchev–Trinajstić information content (AvgIpc) is 3.70. The van der Waals surface area contributed by atoms with E-state index in [1.165, 1.54) is 50.1 Å². The fourth-order valence-electron chi connectivity index (χ4n) is 7.23. The molecule has 4 nitrogen and oxygen atoms in total. The first-order chi connectivity index (χ1) is 25.9. The van der Waals surface area contributed by atoms with Crippen molar-refractivity contribution in [1.82, 2.24) is 4.98 Å². The molecule has 0 amide bonds. The summed E-state index contributed by atoms with van der Waals surface area (Å²) in [7, 11) is 0. The Morgan fingerprint density at radius 2 is 1.54 bits per heavy atom. The third-order valence-electron chi connectivity index (χ3n) is 12.1. The number of aromatic nitrogens is 1. The number of aliphatic hydroxyl groups excluding tert-OH is 1. The van der Waals surface area contributed by atoms with E-state index in [1.54, 1.807) is 11.3 Å². The van der Waals surface area contributed by atoms with Gasteiger partial charge in [-0.25, -0.2) is 0 Å². The molecule has 0 aliphatic carbocycles. The van der Waals surface area contributed by atoms with Gasteiger partial charge in [-0.2, -0.15) is 0 Å². The number of aliphatic hydroxyl groups is 1. The molecule has 0 bridgehead atoms. The van der Waals surface area contributed by atoms with E-state index < -0.39 is 0 Å². The van der Waals surface area contributed by atoms with Gasteiger partial charge in [0, 0.05) is 59.9 Å². The molecular weight excluding hydrogens is 887 g/mol. The predicted molar refractivity (Wildman–Crippen MR) is 236 cm³/mol. The fraction of sp³-hybridized carbons (Fsp3) is 0.440. The van der Waals surface area contributed by atoms with E-state index in [0.717, 1.165) is 64.9 Å². The Balaban J connectivity index is 0.000000330. The van der Waals surface area contributed by atoms with Gasteiger partial charge in [0.25, 0.3) is 0 Å². The van der Waals surface area contributed by atoms with Crippen molar-refractivity contribution in [1.29, 1.82) is 0 Å². The normalized spacial score (nSPS) is 12.6. The number of rotatable bonds is 11. The molecule has 3 aromatic carbocycles. The van der Waals surface area contributed by atoms with Gasteiger partial charge in [0.15, 0.2) is 5.78 Å². The van der Waals surface area contributed by atoms with Gasteiger partial charge in [-0.1, -0.05) is 117 Å². The molecule has 0 fully saturated rings. The van der Waals surface area contributed by atoms with Crippen LogP contribution in [0.1, 0.15) is 124 Å². The number of hydrogen-bond acceptors (Lipinski definition) is 5. The number of pyridine rings is 1. The molecule has 0 saturated heterocycles. The van der Waals surface area contributed by atoms with E-state index >= 15 is 0 Å². The number of ketones is 1. The van der Waals surface area contributed by atoms with Crippen molar-refractivity contribution in [2.75, 3.05) is 0 Å². The molecule has 0 aliphatic rings. The number of nitrogens with zero attached hydrogens (tertiary/aromatic N) is 1. The van der Waals surface area contributed by atoms with Crippen LogP contribution in [0.15, 0.2) is 76.2 Å². The Hall–Kier alpha value is -3.57. The Bertz CT molecular complexity index is 2340. The number of carbonyl (C=O) groups is 1. The van der Waals surface area contributed by atoms with E-state index in [-0.39, 0.29) is 47.9 Å². The molecule has 301 valence electrons. The second-order valence-corrected chi connectivity index (χ2v) is 18.3. The van der Waals surface area contributed by atoms with Gasteiger partial charge in [0.05, 0.1) is 0 Å². The molecule has 3 aromatic heterocycles. The van der Waals surface area contributed by atoms with Crippen molar-refractivity contribution in [3.8, 4) is 22.4 Å². The van der Waals surface area contributed by atoms with Crippen molar-refractivity contribution in [2.45, 2.75) is 128 Å². The minimum Gasteiger partial charge on any atom is -0.512 e. The summed E-state index contributed by atoms with van der Waals surface area (Å²) >= 11 is 1.72. The summed E-state index contributed by atoms with van der Waals surface area (Å²) in [5.41, 5.74) is 8.63. The second-order valence-electron chi connectivity index (χ2n) is 17.4. The maximum Gasteiger partial charge on any atom is 0.164 e. The van der Waals surface area contributed by atoms with Gasteiger partial charge < -0.3 is 9.52 Å². The number of hydrogen-bond donors (Lipinski definition) is 1. The SMILES string of the molecule is CCC(C)(CC)C(=O)/C=C(\O)C(C)(CC)CC.Cc1c(CC(C)C)oc2ccc(-c3cc(-c4[c-]c5ccccc5c(C(C)(C)C)c4)nc4scc(C)c34)cc12.[Ir]. The average molecular weight is 949 g/mol. The molecule has 6 heteroatoms. The maximum absolute atomic E-state index is 12.2. The number of carbonyl (C=O) groups excluding carboxylic acids is 1. The summed E-state index contributed by atoms with van der Waals surface area (Å²) in [6.07, 6.45) is 5.71. The molecule has 0 aliphatic heterocycles. The molecule has 0 spiro atoms. The van der Waals surface area contributed by atoms with Crippen LogP contribution in [0.25, 0.3) is 54.3 Å². The standard InChI is InChI=1S/C35H34NOS.C15H28O2.Ir/c1-20(2)14-32-22(4)27-16-24(12-13-31(27)37-32)28-18-30(36-34-33(28)21(3)19-38-34)25-15-23-10-8-9-11-26(23)29(17-25)35(5,6)7;1-7-14(5,8-2)12(16)11-13(17)15(6,9-3)10-4;/h8-13,16-20H,14H2,1-7H3;11,16H,7-10H2,1-6H3;/q-1;;/b;12-11-;. The van der Waals surface area contributed by atoms with E-state index in [9.17, 15) is 9.90 Å². The molecule has 56 heavy (non-hydrogen) atoms. The zero-order valence-electron chi connectivity index (χ0n) is 35.9. The third-order valence-corrected chi connectivity index (χ3v) is 13.1. The number of aryl methyl sites for hydroxylation is 2. The van der Waals surface area contributed by atoms with E-state index in [0.29, 0.717) is 5.92 Å². The van der Waals surface area contributed by atoms with Crippen molar-refractivity contribution >= 4 is 49.1 Å². The molecule has 0 saturated carbocycles. The van der Waals surface area contributed by atoms with Crippen molar-refractivity contribution in [3.05, 3.63) is 100 Å². The van der Waals surface area contributed by atoms with Gasteiger partial charge >= 0.3 is 0 Å². The largest absolute Gasteiger partial charge is 0.512 e. The predicted octanol–water partition coefficient (Wildman–Crippen LogP) is 15.1. The number of benzene rings is 3. The zero-order valence-corrected chi connectivity index (χ0v) is 39.1. The zero-order chi connectivity index (χ0) is 40.5. The maximum atomic E-state index is 12.2. The Labute approximate surface area is 353 Å². The van der Waals surface area contributed by atoms with E-state index in [1.807, 2.05) is 41.5 Å². The van der Waals surface area contributed by atoms with Gasteiger partial charge in [0.1, 0.15) is 21.9 Å². The van der Waals surface area contributed by atoms with Crippen LogP contribution in [-0.2, 0) is 36.7 Å². The van der Waals surface area contributed by atoms with Crippen molar-refractivity contribution in [3.63, 3.8) is 0 Å². The first-order valence-corrected chi connectivity index (χ1v) is 21.1. The van der Waals surface area contributed by atoms with Crippen LogP contribution in [0.3, 0.4) is 0 Å². The molecule has 0 unspecified atom stereocenters. The topological polar surface area (TPSA) is 63.3 Å². The van der Waals surface area contributed by atoms with Crippen molar-refractivity contribution in [2.24, 2.45) is 16.7 Å². The molecule has 6 aromatic rings. The quantitative estimate of drug-likeness (QED) is 0.0798. The van der Waals surface area contributed by atoms with Crippen LogP contribution in [0.4, 0.5) is 0 Å². The van der Waals surface area contributed by atoms with Crippen molar-refractivity contribution < 1.29 is 34.4 Å². The second kappa shape index (κ2) is 17.9. The fourth-order valence-corrected chi connectivity index (χ4v) is 8.18. The first kappa shape index (κ1) is 45.1. The molecule has 1 N–H and O–H groups in total. The Kier molecular flexibility index (Phi) is 14.4.